The van der Waals surface area contributed by atoms with Crippen molar-refractivity contribution >= 4 is 11.6 Å². The van der Waals surface area contributed by atoms with Crippen molar-refractivity contribution in [1.29, 1.82) is 0 Å². The quantitative estimate of drug-likeness (QED) is 0.730. The number of benzene rings is 1. The number of aromatic nitrogens is 3. The SMILES string of the molecule is O=C(c1cnn2cccnc12)N1CCN(Cc2ccc(F)cc2)CC1. The molecule has 0 saturated carbocycles. The summed E-state index contributed by atoms with van der Waals surface area (Å²) in [7, 11) is 0. The summed E-state index contributed by atoms with van der Waals surface area (Å²) in [5, 5.41) is 4.18. The molecule has 2 aromatic heterocycles. The number of fused-ring (bicyclic) bond motifs is 1. The fraction of sp³-hybridized carbons (Fsp3) is 0.278. The Hall–Kier alpha value is -2.80. The van der Waals surface area contributed by atoms with Crippen molar-refractivity contribution in [3.05, 3.63) is 65.9 Å². The van der Waals surface area contributed by atoms with E-state index in [0.29, 0.717) is 24.3 Å². The molecule has 1 saturated heterocycles. The zero-order chi connectivity index (χ0) is 17.2. The molecule has 25 heavy (non-hydrogen) atoms. The summed E-state index contributed by atoms with van der Waals surface area (Å²) in [4.78, 5) is 21.1. The molecule has 0 atom stereocenters. The van der Waals surface area contributed by atoms with E-state index in [-0.39, 0.29) is 11.7 Å². The van der Waals surface area contributed by atoms with Gasteiger partial charge in [0.2, 0.25) is 0 Å². The first-order valence-corrected chi connectivity index (χ1v) is 8.25. The number of rotatable bonds is 3. The van der Waals surface area contributed by atoms with Crippen molar-refractivity contribution in [3.63, 3.8) is 0 Å². The number of hydrogen-bond donors (Lipinski definition) is 0. The van der Waals surface area contributed by atoms with Gasteiger partial charge in [0, 0.05) is 45.1 Å². The van der Waals surface area contributed by atoms with Gasteiger partial charge in [0.05, 0.1) is 6.20 Å². The van der Waals surface area contributed by atoms with Crippen LogP contribution < -0.4 is 0 Å². The maximum absolute atomic E-state index is 13.0. The van der Waals surface area contributed by atoms with Crippen LogP contribution in [0.15, 0.2) is 48.9 Å². The van der Waals surface area contributed by atoms with E-state index in [1.54, 1.807) is 41.3 Å². The predicted octanol–water partition coefficient (Wildman–Crippen LogP) is 1.83. The van der Waals surface area contributed by atoms with Gasteiger partial charge < -0.3 is 4.90 Å². The molecule has 0 N–H and O–H groups in total. The van der Waals surface area contributed by atoms with E-state index < -0.39 is 0 Å². The van der Waals surface area contributed by atoms with E-state index in [1.807, 2.05) is 4.90 Å². The van der Waals surface area contributed by atoms with Crippen molar-refractivity contribution in [2.75, 3.05) is 26.2 Å². The molecular formula is C18H18FN5O. The molecule has 4 rings (SSSR count). The molecule has 128 valence electrons. The van der Waals surface area contributed by atoms with Gasteiger partial charge in [-0.2, -0.15) is 5.10 Å². The summed E-state index contributed by atoms with van der Waals surface area (Å²) in [6, 6.07) is 8.35. The van der Waals surface area contributed by atoms with Crippen molar-refractivity contribution in [2.45, 2.75) is 6.54 Å². The Balaban J connectivity index is 1.39. The third-order valence-corrected chi connectivity index (χ3v) is 4.49. The third kappa shape index (κ3) is 3.23. The normalized spacial score (nSPS) is 15.6. The maximum Gasteiger partial charge on any atom is 0.259 e. The summed E-state index contributed by atoms with van der Waals surface area (Å²) in [6.45, 7) is 3.65. The third-order valence-electron chi connectivity index (χ3n) is 4.49. The number of amides is 1. The molecule has 7 heteroatoms. The molecule has 1 fully saturated rings. The van der Waals surface area contributed by atoms with Crippen molar-refractivity contribution in [3.8, 4) is 0 Å². The second kappa shape index (κ2) is 6.60. The Labute approximate surface area is 144 Å². The Kier molecular flexibility index (Phi) is 4.15. The first kappa shape index (κ1) is 15.7. The van der Waals surface area contributed by atoms with Crippen LogP contribution in [0.1, 0.15) is 15.9 Å². The van der Waals surface area contributed by atoms with Crippen LogP contribution in [0.5, 0.6) is 0 Å². The largest absolute Gasteiger partial charge is 0.336 e. The molecule has 1 amide bonds. The molecule has 0 bridgehead atoms. The van der Waals surface area contributed by atoms with Gasteiger partial charge in [-0.05, 0) is 23.8 Å². The first-order valence-electron chi connectivity index (χ1n) is 8.25. The minimum absolute atomic E-state index is 0.0323. The lowest BCUT2D eigenvalue weighted by Gasteiger charge is -2.34. The fourth-order valence-corrected chi connectivity index (χ4v) is 3.11. The minimum Gasteiger partial charge on any atom is -0.336 e. The minimum atomic E-state index is -0.221. The maximum atomic E-state index is 13.0. The molecule has 0 aliphatic carbocycles. The average Bonchev–Trinajstić information content (AvgIpc) is 3.08. The van der Waals surface area contributed by atoms with Crippen molar-refractivity contribution < 1.29 is 9.18 Å². The van der Waals surface area contributed by atoms with Crippen LogP contribution >= 0.6 is 0 Å². The van der Waals surface area contributed by atoms with E-state index in [4.69, 9.17) is 0 Å². The number of piperazine rings is 1. The summed E-state index contributed by atoms with van der Waals surface area (Å²) in [5.41, 5.74) is 2.20. The van der Waals surface area contributed by atoms with Gasteiger partial charge in [-0.1, -0.05) is 12.1 Å². The zero-order valence-corrected chi connectivity index (χ0v) is 13.7. The summed E-state index contributed by atoms with van der Waals surface area (Å²) < 4.78 is 14.6. The summed E-state index contributed by atoms with van der Waals surface area (Å²) in [6.07, 6.45) is 5.02. The number of carbonyl (C=O) groups is 1. The highest BCUT2D eigenvalue weighted by Gasteiger charge is 2.24. The van der Waals surface area contributed by atoms with Crippen LogP contribution in [0.3, 0.4) is 0 Å². The Bertz CT molecular complexity index is 884. The second-order valence-corrected chi connectivity index (χ2v) is 6.14. The average molecular weight is 339 g/mol. The smallest absolute Gasteiger partial charge is 0.259 e. The molecule has 0 radical (unpaired) electrons. The fourth-order valence-electron chi connectivity index (χ4n) is 3.11. The molecule has 1 aliphatic rings. The van der Waals surface area contributed by atoms with Gasteiger partial charge in [0.15, 0.2) is 5.65 Å². The lowest BCUT2D eigenvalue weighted by molar-refractivity contribution is 0.0630. The Morgan fingerprint density at radius 1 is 1.12 bits per heavy atom. The lowest BCUT2D eigenvalue weighted by Crippen LogP contribution is -2.48. The number of nitrogens with zero attached hydrogens (tertiary/aromatic N) is 5. The number of hydrogen-bond acceptors (Lipinski definition) is 4. The summed E-state index contributed by atoms with van der Waals surface area (Å²) >= 11 is 0. The van der Waals surface area contributed by atoms with Gasteiger partial charge in [-0.3, -0.25) is 9.69 Å². The lowest BCUT2D eigenvalue weighted by atomic mass is 10.2. The molecule has 3 heterocycles. The topological polar surface area (TPSA) is 53.7 Å². The van der Waals surface area contributed by atoms with Crippen molar-refractivity contribution in [2.24, 2.45) is 0 Å². The molecule has 0 spiro atoms. The van der Waals surface area contributed by atoms with Crippen LogP contribution in [0, 0.1) is 5.82 Å². The molecule has 3 aromatic rings. The molecular weight excluding hydrogens is 321 g/mol. The standard InChI is InChI=1S/C18H18FN5O/c19-15-4-2-14(3-5-15)13-22-8-10-23(11-9-22)18(25)16-12-21-24-7-1-6-20-17(16)24/h1-7,12H,8-11,13H2. The first-order chi connectivity index (χ1) is 12.2. The molecule has 1 aliphatic heterocycles. The van der Waals surface area contributed by atoms with E-state index in [0.717, 1.165) is 25.2 Å². The Morgan fingerprint density at radius 3 is 2.64 bits per heavy atom. The van der Waals surface area contributed by atoms with Crippen LogP contribution in [0.2, 0.25) is 0 Å². The molecule has 1 aromatic carbocycles. The van der Waals surface area contributed by atoms with Crippen LogP contribution in [0.4, 0.5) is 4.39 Å². The molecule has 6 nitrogen and oxygen atoms in total. The number of carbonyl (C=O) groups excluding carboxylic acids is 1. The molecule has 0 unspecified atom stereocenters. The van der Waals surface area contributed by atoms with Crippen LogP contribution in [0.25, 0.3) is 5.65 Å². The highest BCUT2D eigenvalue weighted by atomic mass is 19.1. The van der Waals surface area contributed by atoms with Gasteiger partial charge in [0.25, 0.3) is 5.91 Å². The van der Waals surface area contributed by atoms with E-state index in [1.165, 1.54) is 12.1 Å². The van der Waals surface area contributed by atoms with E-state index in [9.17, 15) is 9.18 Å². The van der Waals surface area contributed by atoms with E-state index >= 15 is 0 Å². The monoisotopic (exact) mass is 339 g/mol. The zero-order valence-electron chi connectivity index (χ0n) is 13.7. The number of halogens is 1. The van der Waals surface area contributed by atoms with Gasteiger partial charge in [-0.15, -0.1) is 0 Å². The van der Waals surface area contributed by atoms with Gasteiger partial charge in [-0.25, -0.2) is 13.9 Å². The predicted molar refractivity (Wildman–Crippen MR) is 90.6 cm³/mol. The van der Waals surface area contributed by atoms with Gasteiger partial charge >= 0.3 is 0 Å². The summed E-state index contributed by atoms with van der Waals surface area (Å²) in [5.74, 6) is -0.253. The van der Waals surface area contributed by atoms with Crippen molar-refractivity contribution in [1.82, 2.24) is 24.4 Å². The highest BCUT2D eigenvalue weighted by Crippen LogP contribution is 2.14. The van der Waals surface area contributed by atoms with E-state index in [2.05, 4.69) is 15.0 Å². The Morgan fingerprint density at radius 2 is 1.88 bits per heavy atom. The van der Waals surface area contributed by atoms with Gasteiger partial charge in [0.1, 0.15) is 11.4 Å². The van der Waals surface area contributed by atoms with Crippen LogP contribution in [-0.4, -0.2) is 56.5 Å². The van der Waals surface area contributed by atoms with Crippen LogP contribution in [-0.2, 0) is 6.54 Å². The highest BCUT2D eigenvalue weighted by molar-refractivity contribution is 5.99. The second-order valence-electron chi connectivity index (χ2n) is 6.14.